The van der Waals surface area contributed by atoms with Crippen molar-refractivity contribution in [1.29, 1.82) is 0 Å². The van der Waals surface area contributed by atoms with E-state index in [0.29, 0.717) is 0 Å². The highest BCUT2D eigenvalue weighted by Gasteiger charge is 2.14. The maximum Gasteiger partial charge on any atom is 0.212 e. The SMILES string of the molecule is Brc1ccc(/C=N\n2c(SCc3ccccc3)nnc2-c2ccccc2)cc1. The molecule has 0 spiro atoms. The van der Waals surface area contributed by atoms with Gasteiger partial charge in [0.25, 0.3) is 0 Å². The van der Waals surface area contributed by atoms with Gasteiger partial charge in [0.2, 0.25) is 5.16 Å². The summed E-state index contributed by atoms with van der Waals surface area (Å²) >= 11 is 5.08. The summed E-state index contributed by atoms with van der Waals surface area (Å²) in [5.41, 5.74) is 3.23. The normalized spacial score (nSPS) is 11.2. The fraction of sp³-hybridized carbons (Fsp3) is 0.0455. The molecule has 0 aliphatic heterocycles. The highest BCUT2D eigenvalue weighted by atomic mass is 79.9. The Labute approximate surface area is 176 Å². The van der Waals surface area contributed by atoms with Crippen molar-refractivity contribution in [2.75, 3.05) is 0 Å². The summed E-state index contributed by atoms with van der Waals surface area (Å²) < 4.78 is 2.85. The van der Waals surface area contributed by atoms with Crippen molar-refractivity contribution in [3.05, 3.63) is 101 Å². The molecule has 6 heteroatoms. The second-order valence-corrected chi connectivity index (χ2v) is 7.91. The van der Waals surface area contributed by atoms with Gasteiger partial charge in [0.1, 0.15) is 0 Å². The zero-order valence-electron chi connectivity index (χ0n) is 14.9. The van der Waals surface area contributed by atoms with Gasteiger partial charge < -0.3 is 0 Å². The third-order valence-corrected chi connectivity index (χ3v) is 5.57. The van der Waals surface area contributed by atoms with E-state index in [2.05, 4.69) is 43.4 Å². The van der Waals surface area contributed by atoms with Gasteiger partial charge in [-0.05, 0) is 23.3 Å². The average molecular weight is 449 g/mol. The van der Waals surface area contributed by atoms with Gasteiger partial charge in [-0.2, -0.15) is 9.78 Å². The summed E-state index contributed by atoms with van der Waals surface area (Å²) in [5.74, 6) is 1.53. The van der Waals surface area contributed by atoms with Gasteiger partial charge in [-0.15, -0.1) is 10.2 Å². The predicted molar refractivity (Wildman–Crippen MR) is 119 cm³/mol. The van der Waals surface area contributed by atoms with Crippen LogP contribution in [0, 0.1) is 0 Å². The summed E-state index contributed by atoms with van der Waals surface area (Å²) in [7, 11) is 0. The monoisotopic (exact) mass is 448 g/mol. The molecule has 0 unspecified atom stereocenters. The van der Waals surface area contributed by atoms with Gasteiger partial charge in [-0.3, -0.25) is 0 Å². The van der Waals surface area contributed by atoms with Crippen LogP contribution in [0.5, 0.6) is 0 Å². The van der Waals surface area contributed by atoms with Crippen molar-refractivity contribution in [2.45, 2.75) is 10.9 Å². The summed E-state index contributed by atoms with van der Waals surface area (Å²) in [5, 5.41) is 14.2. The zero-order valence-corrected chi connectivity index (χ0v) is 17.3. The molecule has 0 atom stereocenters. The number of halogens is 1. The summed E-state index contributed by atoms with van der Waals surface area (Å²) in [6.45, 7) is 0. The molecule has 4 aromatic rings. The van der Waals surface area contributed by atoms with E-state index in [1.165, 1.54) is 5.56 Å². The minimum Gasteiger partial charge on any atom is -0.187 e. The van der Waals surface area contributed by atoms with Crippen LogP contribution in [-0.2, 0) is 5.75 Å². The molecule has 4 nitrogen and oxygen atoms in total. The standard InChI is InChI=1S/C22H17BrN4S/c23-20-13-11-17(12-14-20)15-24-27-21(19-9-5-2-6-10-19)25-26-22(27)28-16-18-7-3-1-4-8-18/h1-15H,16H2/b24-15-. The Kier molecular flexibility index (Phi) is 5.99. The molecule has 4 rings (SSSR count). The van der Waals surface area contributed by atoms with Crippen LogP contribution in [0.3, 0.4) is 0 Å². The molecular formula is C22H17BrN4S. The molecule has 1 aromatic heterocycles. The number of hydrogen-bond acceptors (Lipinski definition) is 4. The number of thioether (sulfide) groups is 1. The van der Waals surface area contributed by atoms with Crippen LogP contribution >= 0.6 is 27.7 Å². The molecule has 0 amide bonds. The van der Waals surface area contributed by atoms with Crippen molar-refractivity contribution < 1.29 is 0 Å². The Morgan fingerprint density at radius 2 is 1.54 bits per heavy atom. The average Bonchev–Trinajstić information content (AvgIpc) is 3.16. The Balaban J connectivity index is 1.65. The van der Waals surface area contributed by atoms with Crippen molar-refractivity contribution in [3.8, 4) is 11.4 Å². The molecule has 1 heterocycles. The van der Waals surface area contributed by atoms with Crippen molar-refractivity contribution in [1.82, 2.24) is 14.9 Å². The number of nitrogens with zero attached hydrogens (tertiary/aromatic N) is 4. The Morgan fingerprint density at radius 3 is 2.25 bits per heavy atom. The molecule has 0 N–H and O–H groups in total. The van der Waals surface area contributed by atoms with E-state index in [1.807, 2.05) is 83.7 Å². The lowest BCUT2D eigenvalue weighted by Gasteiger charge is -2.05. The molecule has 0 bridgehead atoms. The van der Waals surface area contributed by atoms with Crippen LogP contribution in [0.4, 0.5) is 0 Å². The molecule has 28 heavy (non-hydrogen) atoms. The largest absolute Gasteiger partial charge is 0.212 e. The molecule has 0 aliphatic carbocycles. The van der Waals surface area contributed by atoms with E-state index in [1.54, 1.807) is 11.8 Å². The van der Waals surface area contributed by atoms with Gasteiger partial charge in [-0.1, -0.05) is 100 Å². The first-order valence-electron chi connectivity index (χ1n) is 8.77. The fourth-order valence-electron chi connectivity index (χ4n) is 2.62. The van der Waals surface area contributed by atoms with E-state index in [9.17, 15) is 0 Å². The van der Waals surface area contributed by atoms with Gasteiger partial charge in [-0.25, -0.2) is 0 Å². The lowest BCUT2D eigenvalue weighted by Crippen LogP contribution is -1.97. The van der Waals surface area contributed by atoms with Crippen molar-refractivity contribution in [3.63, 3.8) is 0 Å². The van der Waals surface area contributed by atoms with Crippen LogP contribution in [0.1, 0.15) is 11.1 Å². The van der Waals surface area contributed by atoms with Gasteiger partial charge in [0, 0.05) is 15.8 Å². The lowest BCUT2D eigenvalue weighted by atomic mass is 10.2. The Bertz CT molecular complexity index is 1060. The van der Waals surface area contributed by atoms with E-state index in [0.717, 1.165) is 32.3 Å². The minimum absolute atomic E-state index is 0.726. The van der Waals surface area contributed by atoms with E-state index >= 15 is 0 Å². The van der Waals surface area contributed by atoms with Crippen LogP contribution < -0.4 is 0 Å². The van der Waals surface area contributed by atoms with Crippen LogP contribution in [-0.4, -0.2) is 21.1 Å². The highest BCUT2D eigenvalue weighted by Crippen LogP contribution is 2.26. The van der Waals surface area contributed by atoms with Crippen LogP contribution in [0.15, 0.2) is 99.7 Å². The van der Waals surface area contributed by atoms with E-state index in [-0.39, 0.29) is 0 Å². The molecule has 3 aromatic carbocycles. The Hall–Kier alpha value is -2.70. The third-order valence-electron chi connectivity index (χ3n) is 4.05. The van der Waals surface area contributed by atoms with Crippen molar-refractivity contribution in [2.24, 2.45) is 5.10 Å². The molecule has 0 aliphatic rings. The number of benzene rings is 3. The molecular weight excluding hydrogens is 432 g/mol. The maximum absolute atomic E-state index is 4.69. The molecule has 0 fully saturated rings. The van der Waals surface area contributed by atoms with Gasteiger partial charge in [0.05, 0.1) is 6.21 Å². The molecule has 138 valence electrons. The van der Waals surface area contributed by atoms with E-state index in [4.69, 9.17) is 0 Å². The number of aromatic nitrogens is 3. The van der Waals surface area contributed by atoms with Gasteiger partial charge >= 0.3 is 0 Å². The quantitative estimate of drug-likeness (QED) is 0.273. The second-order valence-electron chi connectivity index (χ2n) is 6.05. The highest BCUT2D eigenvalue weighted by molar-refractivity contribution is 9.10. The first kappa shape index (κ1) is 18.7. The van der Waals surface area contributed by atoms with Crippen molar-refractivity contribution >= 4 is 33.9 Å². The minimum atomic E-state index is 0.726. The maximum atomic E-state index is 4.69. The van der Waals surface area contributed by atoms with E-state index < -0.39 is 0 Å². The van der Waals surface area contributed by atoms with Gasteiger partial charge in [0.15, 0.2) is 5.82 Å². The molecule has 0 saturated carbocycles. The Morgan fingerprint density at radius 1 is 0.857 bits per heavy atom. The molecule has 0 saturated heterocycles. The first-order chi connectivity index (χ1) is 13.8. The van der Waals surface area contributed by atoms with Crippen LogP contribution in [0.25, 0.3) is 11.4 Å². The summed E-state index contributed by atoms with van der Waals surface area (Å²) in [6, 6.07) is 28.3. The number of rotatable bonds is 6. The summed E-state index contributed by atoms with van der Waals surface area (Å²) in [6.07, 6.45) is 1.83. The topological polar surface area (TPSA) is 43.1 Å². The molecule has 0 radical (unpaired) electrons. The third kappa shape index (κ3) is 4.58. The van der Waals surface area contributed by atoms with Crippen LogP contribution in [0.2, 0.25) is 0 Å². The smallest absolute Gasteiger partial charge is 0.187 e. The summed E-state index contributed by atoms with van der Waals surface area (Å²) in [4.78, 5) is 0. The fourth-order valence-corrected chi connectivity index (χ4v) is 3.73. The zero-order chi connectivity index (χ0) is 19.2. The lowest BCUT2D eigenvalue weighted by molar-refractivity contribution is 0.772. The predicted octanol–water partition coefficient (Wildman–Crippen LogP) is 5.88. The first-order valence-corrected chi connectivity index (χ1v) is 10.5. The second kappa shape index (κ2) is 8.99. The number of hydrogen-bond donors (Lipinski definition) is 0.